The Morgan fingerprint density at radius 2 is 1.82 bits per heavy atom. The van der Waals surface area contributed by atoms with Crippen LogP contribution in [0, 0.1) is 17.0 Å². The molecular weight excluding hydrogens is 308 g/mol. The van der Waals surface area contributed by atoms with Crippen molar-refractivity contribution in [2.45, 2.75) is 18.4 Å². The van der Waals surface area contributed by atoms with E-state index in [-0.39, 0.29) is 12.3 Å². The molecule has 2 rings (SSSR count). The number of aryl methyl sites for hydroxylation is 1. The Hall–Kier alpha value is -2.45. The zero-order valence-electron chi connectivity index (χ0n) is 11.7. The van der Waals surface area contributed by atoms with Gasteiger partial charge >= 0.3 is 0 Å². The Morgan fingerprint density at radius 1 is 1.18 bits per heavy atom. The van der Waals surface area contributed by atoms with Gasteiger partial charge in [0.2, 0.25) is 0 Å². The van der Waals surface area contributed by atoms with Crippen molar-refractivity contribution < 1.29 is 18.4 Å². The van der Waals surface area contributed by atoms with E-state index in [0.29, 0.717) is 11.1 Å². The Labute approximate surface area is 127 Å². The van der Waals surface area contributed by atoms with Crippen molar-refractivity contribution >= 4 is 21.4 Å². The van der Waals surface area contributed by atoms with E-state index in [4.69, 9.17) is 5.11 Å². The molecule has 0 atom stereocenters. The number of rotatable bonds is 5. The predicted octanol–water partition coefficient (Wildman–Crippen LogP) is 2.20. The molecule has 0 aliphatic heterocycles. The first-order valence-electron chi connectivity index (χ1n) is 6.31. The molecule has 0 aromatic heterocycles. The first-order chi connectivity index (χ1) is 10.3. The quantitative estimate of drug-likeness (QED) is 0.648. The summed E-state index contributed by atoms with van der Waals surface area (Å²) in [6, 6.07) is 9.98. The Kier molecular flexibility index (Phi) is 4.43. The SMILES string of the molecule is Cc1ccc(S(=O)(=O)Nc2ccc(CO)cc2)c([N+](=O)[O-])c1. The Bertz CT molecular complexity index is 800. The minimum atomic E-state index is -4.08. The van der Waals surface area contributed by atoms with Crippen molar-refractivity contribution in [3.05, 3.63) is 63.7 Å². The molecule has 22 heavy (non-hydrogen) atoms. The van der Waals surface area contributed by atoms with Crippen LogP contribution < -0.4 is 4.72 Å². The highest BCUT2D eigenvalue weighted by molar-refractivity contribution is 7.92. The van der Waals surface area contributed by atoms with Gasteiger partial charge in [-0.3, -0.25) is 14.8 Å². The maximum Gasteiger partial charge on any atom is 0.290 e. The number of nitrogens with one attached hydrogen (secondary N) is 1. The van der Waals surface area contributed by atoms with E-state index >= 15 is 0 Å². The lowest BCUT2D eigenvalue weighted by Crippen LogP contribution is -2.14. The molecule has 0 saturated heterocycles. The molecule has 0 radical (unpaired) electrons. The summed E-state index contributed by atoms with van der Waals surface area (Å²) in [7, 11) is -4.08. The lowest BCUT2D eigenvalue weighted by atomic mass is 10.2. The summed E-state index contributed by atoms with van der Waals surface area (Å²) < 4.78 is 26.9. The van der Waals surface area contributed by atoms with Crippen LogP contribution >= 0.6 is 0 Å². The number of nitrogens with zero attached hydrogens (tertiary/aromatic N) is 1. The fourth-order valence-electron chi connectivity index (χ4n) is 1.89. The molecule has 0 bridgehead atoms. The molecule has 0 aliphatic rings. The number of nitro benzene ring substituents is 1. The normalized spacial score (nSPS) is 11.2. The number of aliphatic hydroxyl groups is 1. The van der Waals surface area contributed by atoms with Gasteiger partial charge in [0.25, 0.3) is 15.7 Å². The molecule has 0 aliphatic carbocycles. The third-order valence-corrected chi connectivity index (χ3v) is 4.42. The number of benzene rings is 2. The zero-order chi connectivity index (χ0) is 16.3. The minimum absolute atomic E-state index is 0.156. The van der Waals surface area contributed by atoms with Crippen molar-refractivity contribution in [1.29, 1.82) is 0 Å². The van der Waals surface area contributed by atoms with E-state index in [9.17, 15) is 18.5 Å². The lowest BCUT2D eigenvalue weighted by Gasteiger charge is -2.09. The third kappa shape index (κ3) is 3.41. The van der Waals surface area contributed by atoms with E-state index in [1.165, 1.54) is 30.3 Å². The van der Waals surface area contributed by atoms with Gasteiger partial charge in [0.05, 0.1) is 11.5 Å². The first kappa shape index (κ1) is 15.9. The Morgan fingerprint density at radius 3 is 2.36 bits per heavy atom. The van der Waals surface area contributed by atoms with E-state index < -0.39 is 25.5 Å². The van der Waals surface area contributed by atoms with Crippen molar-refractivity contribution in [3.8, 4) is 0 Å². The molecule has 8 heteroatoms. The largest absolute Gasteiger partial charge is 0.392 e. The molecule has 7 nitrogen and oxygen atoms in total. The molecule has 0 fully saturated rings. The smallest absolute Gasteiger partial charge is 0.290 e. The monoisotopic (exact) mass is 322 g/mol. The molecule has 0 heterocycles. The van der Waals surface area contributed by atoms with Gasteiger partial charge < -0.3 is 5.11 Å². The molecule has 0 saturated carbocycles. The van der Waals surface area contributed by atoms with Crippen LogP contribution in [0.3, 0.4) is 0 Å². The summed E-state index contributed by atoms with van der Waals surface area (Å²) in [6.07, 6.45) is 0. The zero-order valence-corrected chi connectivity index (χ0v) is 12.5. The average Bonchev–Trinajstić information content (AvgIpc) is 2.47. The summed E-state index contributed by atoms with van der Waals surface area (Å²) in [5, 5.41) is 20.0. The summed E-state index contributed by atoms with van der Waals surface area (Å²) >= 11 is 0. The van der Waals surface area contributed by atoms with Gasteiger partial charge in [-0.15, -0.1) is 0 Å². The summed E-state index contributed by atoms with van der Waals surface area (Å²) in [4.78, 5) is 9.92. The molecule has 2 aromatic rings. The van der Waals surface area contributed by atoms with Crippen molar-refractivity contribution in [1.82, 2.24) is 0 Å². The minimum Gasteiger partial charge on any atom is -0.392 e. The average molecular weight is 322 g/mol. The van der Waals surface area contributed by atoms with Crippen molar-refractivity contribution in [2.24, 2.45) is 0 Å². The number of aliphatic hydroxyl groups excluding tert-OH is 1. The van der Waals surface area contributed by atoms with Gasteiger partial charge in [-0.2, -0.15) is 0 Å². The number of anilines is 1. The highest BCUT2D eigenvalue weighted by Gasteiger charge is 2.25. The van der Waals surface area contributed by atoms with Crippen LogP contribution in [0.5, 0.6) is 0 Å². The third-order valence-electron chi connectivity index (χ3n) is 2.99. The molecule has 0 amide bonds. The second-order valence-corrected chi connectivity index (χ2v) is 6.34. The van der Waals surface area contributed by atoms with Crippen LogP contribution in [-0.2, 0) is 16.6 Å². The van der Waals surface area contributed by atoms with Crippen LogP contribution in [0.4, 0.5) is 11.4 Å². The second kappa shape index (κ2) is 6.12. The maximum atomic E-state index is 12.3. The van der Waals surface area contributed by atoms with Crippen molar-refractivity contribution in [2.75, 3.05) is 4.72 Å². The Balaban J connectivity index is 2.40. The van der Waals surface area contributed by atoms with Crippen LogP contribution in [0.2, 0.25) is 0 Å². The van der Waals surface area contributed by atoms with E-state index in [0.717, 1.165) is 0 Å². The van der Waals surface area contributed by atoms with Crippen molar-refractivity contribution in [3.63, 3.8) is 0 Å². The standard InChI is InChI=1S/C14H14N2O5S/c1-10-2-7-14(13(8-10)16(18)19)22(20,21)15-12-5-3-11(9-17)4-6-12/h2-8,15,17H,9H2,1H3. The van der Waals surface area contributed by atoms with Crippen LogP contribution in [0.15, 0.2) is 47.4 Å². The highest BCUT2D eigenvalue weighted by atomic mass is 32.2. The lowest BCUT2D eigenvalue weighted by molar-refractivity contribution is -0.387. The topological polar surface area (TPSA) is 110 Å². The highest BCUT2D eigenvalue weighted by Crippen LogP contribution is 2.26. The molecular formula is C14H14N2O5S. The summed E-state index contributed by atoms with van der Waals surface area (Å²) in [5.41, 5.74) is 1.01. The summed E-state index contributed by atoms with van der Waals surface area (Å²) in [6.45, 7) is 1.49. The molecule has 0 spiro atoms. The van der Waals surface area contributed by atoms with Gasteiger partial charge in [-0.25, -0.2) is 8.42 Å². The molecule has 116 valence electrons. The molecule has 2 N–H and O–H groups in total. The van der Waals surface area contributed by atoms with E-state index in [2.05, 4.69) is 4.72 Å². The maximum absolute atomic E-state index is 12.3. The van der Waals surface area contributed by atoms with Crippen LogP contribution in [0.25, 0.3) is 0 Å². The molecule has 2 aromatic carbocycles. The summed E-state index contributed by atoms with van der Waals surface area (Å²) in [5.74, 6) is 0. The number of hydrogen-bond donors (Lipinski definition) is 2. The molecule has 0 unspecified atom stereocenters. The second-order valence-electron chi connectivity index (χ2n) is 4.69. The fraction of sp³-hybridized carbons (Fsp3) is 0.143. The fourth-order valence-corrected chi connectivity index (χ4v) is 3.10. The van der Waals surface area contributed by atoms with Gasteiger partial charge in [-0.1, -0.05) is 18.2 Å². The van der Waals surface area contributed by atoms with Crippen LogP contribution in [0.1, 0.15) is 11.1 Å². The number of hydrogen-bond acceptors (Lipinski definition) is 5. The number of sulfonamides is 1. The van der Waals surface area contributed by atoms with E-state index in [1.54, 1.807) is 19.1 Å². The van der Waals surface area contributed by atoms with Gasteiger partial charge in [-0.05, 0) is 36.2 Å². The van der Waals surface area contributed by atoms with Gasteiger partial charge in [0.1, 0.15) is 0 Å². The van der Waals surface area contributed by atoms with Gasteiger partial charge in [0, 0.05) is 11.8 Å². The first-order valence-corrected chi connectivity index (χ1v) is 7.79. The predicted molar refractivity (Wildman–Crippen MR) is 81.0 cm³/mol. The van der Waals surface area contributed by atoms with Crippen LogP contribution in [-0.4, -0.2) is 18.4 Å². The number of nitro groups is 1. The van der Waals surface area contributed by atoms with E-state index in [1.807, 2.05) is 0 Å². The van der Waals surface area contributed by atoms with Gasteiger partial charge in [0.15, 0.2) is 4.90 Å².